The summed E-state index contributed by atoms with van der Waals surface area (Å²) < 4.78 is 0. The van der Waals surface area contributed by atoms with Crippen molar-refractivity contribution in [2.24, 2.45) is 0 Å². The Balaban J connectivity index is 3.07. The first-order valence-corrected chi connectivity index (χ1v) is 5.08. The summed E-state index contributed by atoms with van der Waals surface area (Å²) in [6.45, 7) is -0.294. The minimum atomic E-state index is -0.436. The Hall–Kier alpha value is -1.54. The van der Waals surface area contributed by atoms with Crippen molar-refractivity contribution < 1.29 is 4.92 Å². The Bertz CT molecular complexity index is 398. The average molecular weight is 208 g/mol. The quantitative estimate of drug-likeness (QED) is 0.433. The summed E-state index contributed by atoms with van der Waals surface area (Å²) >= 11 is 1.50. The van der Waals surface area contributed by atoms with Crippen LogP contribution in [-0.2, 0) is 6.54 Å². The summed E-state index contributed by atoms with van der Waals surface area (Å²) in [5.41, 5.74) is 0.851. The van der Waals surface area contributed by atoms with Crippen LogP contribution in [0, 0.1) is 21.4 Å². The number of nitro groups is 1. The van der Waals surface area contributed by atoms with E-state index >= 15 is 0 Å². The molecular formula is C9H8N2O2S. The molecule has 0 aliphatic heterocycles. The van der Waals surface area contributed by atoms with E-state index in [1.54, 1.807) is 18.2 Å². The second-order valence-corrected chi connectivity index (χ2v) is 3.51. The van der Waals surface area contributed by atoms with Gasteiger partial charge < -0.3 is 0 Å². The van der Waals surface area contributed by atoms with Crippen LogP contribution < -0.4 is 0 Å². The van der Waals surface area contributed by atoms with Gasteiger partial charge in [-0.1, -0.05) is 6.07 Å². The predicted molar refractivity (Wildman–Crippen MR) is 53.6 cm³/mol. The Kier molecular flexibility index (Phi) is 3.48. The Morgan fingerprint density at radius 1 is 1.64 bits per heavy atom. The summed E-state index contributed by atoms with van der Waals surface area (Å²) in [4.78, 5) is 10.8. The lowest BCUT2D eigenvalue weighted by Gasteiger charge is -2.01. The molecule has 0 saturated heterocycles. The highest BCUT2D eigenvalue weighted by Gasteiger charge is 2.08. The third-order valence-corrected chi connectivity index (χ3v) is 2.46. The molecule has 0 bridgehead atoms. The minimum Gasteiger partial charge on any atom is -0.264 e. The van der Waals surface area contributed by atoms with Crippen LogP contribution in [0.1, 0.15) is 11.1 Å². The van der Waals surface area contributed by atoms with Gasteiger partial charge in [0.05, 0.1) is 11.6 Å². The zero-order valence-corrected chi connectivity index (χ0v) is 8.37. The largest absolute Gasteiger partial charge is 0.264 e. The van der Waals surface area contributed by atoms with Gasteiger partial charge in [0.15, 0.2) is 0 Å². The Labute approximate surface area is 85.7 Å². The standard InChI is InChI=1S/C9H8N2O2S/c1-14-9-3-2-7(6-11(12)13)8(4-9)5-10/h2-4H,6H2,1H3. The molecule has 0 aromatic heterocycles. The van der Waals surface area contributed by atoms with Crippen molar-refractivity contribution in [2.45, 2.75) is 11.4 Å². The predicted octanol–water partition coefficient (Wildman–Crippen LogP) is 2.06. The summed E-state index contributed by atoms with van der Waals surface area (Å²) in [6.07, 6.45) is 1.89. The first-order valence-electron chi connectivity index (χ1n) is 3.86. The summed E-state index contributed by atoms with van der Waals surface area (Å²) in [5, 5.41) is 19.1. The van der Waals surface area contributed by atoms with Gasteiger partial charge in [-0.25, -0.2) is 0 Å². The van der Waals surface area contributed by atoms with Gasteiger partial charge in [-0.15, -0.1) is 11.8 Å². The van der Waals surface area contributed by atoms with E-state index in [4.69, 9.17) is 5.26 Å². The molecule has 0 saturated carbocycles. The van der Waals surface area contributed by atoms with Gasteiger partial charge in [0.1, 0.15) is 0 Å². The van der Waals surface area contributed by atoms with E-state index < -0.39 is 4.92 Å². The van der Waals surface area contributed by atoms with Crippen LogP contribution in [0.15, 0.2) is 23.1 Å². The van der Waals surface area contributed by atoms with Gasteiger partial charge in [-0.3, -0.25) is 10.1 Å². The maximum absolute atomic E-state index is 10.3. The zero-order chi connectivity index (χ0) is 10.6. The molecule has 0 aliphatic carbocycles. The van der Waals surface area contributed by atoms with Crippen LogP contribution in [-0.4, -0.2) is 11.2 Å². The minimum absolute atomic E-state index is 0.294. The van der Waals surface area contributed by atoms with Crippen LogP contribution in [0.3, 0.4) is 0 Å². The van der Waals surface area contributed by atoms with E-state index in [-0.39, 0.29) is 6.54 Å². The van der Waals surface area contributed by atoms with Crippen LogP contribution in [0.4, 0.5) is 0 Å². The molecule has 72 valence electrons. The van der Waals surface area contributed by atoms with Gasteiger partial charge in [0.25, 0.3) is 0 Å². The van der Waals surface area contributed by atoms with Gasteiger partial charge >= 0.3 is 0 Å². The maximum atomic E-state index is 10.3. The van der Waals surface area contributed by atoms with Crippen LogP contribution in [0.5, 0.6) is 0 Å². The number of thioether (sulfide) groups is 1. The molecule has 0 heterocycles. The van der Waals surface area contributed by atoms with E-state index in [0.717, 1.165) is 4.90 Å². The van der Waals surface area contributed by atoms with Crippen molar-refractivity contribution in [3.05, 3.63) is 39.4 Å². The topological polar surface area (TPSA) is 66.9 Å². The van der Waals surface area contributed by atoms with Crippen LogP contribution in [0.2, 0.25) is 0 Å². The smallest absolute Gasteiger partial charge is 0.230 e. The normalized spacial score (nSPS) is 9.43. The molecule has 5 heteroatoms. The third kappa shape index (κ3) is 2.47. The van der Waals surface area contributed by atoms with Crippen molar-refractivity contribution in [1.29, 1.82) is 5.26 Å². The zero-order valence-electron chi connectivity index (χ0n) is 7.56. The summed E-state index contributed by atoms with van der Waals surface area (Å²) in [6, 6.07) is 7.04. The Morgan fingerprint density at radius 2 is 2.36 bits per heavy atom. The number of nitrogens with zero attached hydrogens (tertiary/aromatic N) is 2. The first-order chi connectivity index (χ1) is 6.67. The summed E-state index contributed by atoms with van der Waals surface area (Å²) in [5.74, 6) is 0. The molecule has 1 aromatic carbocycles. The molecule has 0 amide bonds. The van der Waals surface area contributed by atoms with Crippen molar-refractivity contribution in [3.8, 4) is 6.07 Å². The molecule has 1 aromatic rings. The number of rotatable bonds is 3. The second-order valence-electron chi connectivity index (χ2n) is 2.63. The number of hydrogen-bond donors (Lipinski definition) is 0. The fourth-order valence-electron chi connectivity index (χ4n) is 1.06. The molecule has 1 rings (SSSR count). The average Bonchev–Trinajstić information content (AvgIpc) is 2.17. The van der Waals surface area contributed by atoms with Crippen LogP contribution in [0.25, 0.3) is 0 Å². The fourth-order valence-corrected chi connectivity index (χ4v) is 1.50. The van der Waals surface area contributed by atoms with E-state index in [1.807, 2.05) is 12.3 Å². The second kappa shape index (κ2) is 4.63. The van der Waals surface area contributed by atoms with Gasteiger partial charge in [-0.2, -0.15) is 5.26 Å². The van der Waals surface area contributed by atoms with Gasteiger partial charge in [0, 0.05) is 15.4 Å². The fraction of sp³-hybridized carbons (Fsp3) is 0.222. The molecule has 14 heavy (non-hydrogen) atoms. The maximum Gasteiger partial charge on any atom is 0.230 e. The Morgan fingerprint density at radius 3 is 2.86 bits per heavy atom. The van der Waals surface area contributed by atoms with Crippen molar-refractivity contribution >= 4 is 11.8 Å². The molecule has 0 spiro atoms. The third-order valence-electron chi connectivity index (χ3n) is 1.74. The van der Waals surface area contributed by atoms with E-state index in [0.29, 0.717) is 11.1 Å². The highest BCUT2D eigenvalue weighted by atomic mass is 32.2. The number of benzene rings is 1. The lowest BCUT2D eigenvalue weighted by atomic mass is 10.1. The van der Waals surface area contributed by atoms with E-state index in [1.165, 1.54) is 11.8 Å². The molecule has 4 nitrogen and oxygen atoms in total. The highest BCUT2D eigenvalue weighted by Crippen LogP contribution is 2.19. The highest BCUT2D eigenvalue weighted by molar-refractivity contribution is 7.98. The summed E-state index contributed by atoms with van der Waals surface area (Å²) in [7, 11) is 0. The van der Waals surface area contributed by atoms with Crippen molar-refractivity contribution in [3.63, 3.8) is 0 Å². The molecule has 0 atom stereocenters. The van der Waals surface area contributed by atoms with Crippen LogP contribution >= 0.6 is 11.8 Å². The molecule has 0 radical (unpaired) electrons. The van der Waals surface area contributed by atoms with E-state index in [2.05, 4.69) is 0 Å². The number of nitriles is 1. The van der Waals surface area contributed by atoms with Crippen molar-refractivity contribution in [2.75, 3.05) is 6.26 Å². The molecular weight excluding hydrogens is 200 g/mol. The molecule has 0 N–H and O–H groups in total. The van der Waals surface area contributed by atoms with Gasteiger partial charge in [-0.05, 0) is 18.4 Å². The molecule has 0 unspecified atom stereocenters. The lowest BCUT2D eigenvalue weighted by molar-refractivity contribution is -0.496. The monoisotopic (exact) mass is 208 g/mol. The van der Waals surface area contributed by atoms with Crippen molar-refractivity contribution in [1.82, 2.24) is 0 Å². The first kappa shape index (κ1) is 10.5. The molecule has 0 fully saturated rings. The van der Waals surface area contributed by atoms with Gasteiger partial charge in [0.2, 0.25) is 6.54 Å². The lowest BCUT2D eigenvalue weighted by Crippen LogP contribution is -2.00. The SMILES string of the molecule is CSc1ccc(C[N+](=O)[O-])c(C#N)c1. The number of hydrogen-bond acceptors (Lipinski definition) is 4. The van der Waals surface area contributed by atoms with E-state index in [9.17, 15) is 10.1 Å². The molecule has 0 aliphatic rings.